The molecular formula is C14H24N4O2. The molecule has 1 fully saturated rings. The Morgan fingerprint density at radius 2 is 2.40 bits per heavy atom. The van der Waals surface area contributed by atoms with Crippen LogP contribution in [0.25, 0.3) is 0 Å². The fourth-order valence-corrected chi connectivity index (χ4v) is 2.16. The van der Waals surface area contributed by atoms with E-state index in [9.17, 15) is 0 Å². The van der Waals surface area contributed by atoms with Gasteiger partial charge in [-0.3, -0.25) is 0 Å². The smallest absolute Gasteiger partial charge is 0.229 e. The minimum atomic E-state index is 0.269. The van der Waals surface area contributed by atoms with Crippen molar-refractivity contribution in [3.63, 3.8) is 0 Å². The first kappa shape index (κ1) is 15.0. The van der Waals surface area contributed by atoms with Crippen LogP contribution in [0.15, 0.2) is 12.3 Å². The van der Waals surface area contributed by atoms with Crippen LogP contribution in [0.3, 0.4) is 0 Å². The lowest BCUT2D eigenvalue weighted by Crippen LogP contribution is -2.51. The highest BCUT2D eigenvalue weighted by Gasteiger charge is 2.25. The number of anilines is 1. The second-order valence-electron chi connectivity index (χ2n) is 4.77. The van der Waals surface area contributed by atoms with Crippen molar-refractivity contribution in [2.45, 2.75) is 26.3 Å². The van der Waals surface area contributed by atoms with Crippen LogP contribution in [0.1, 0.15) is 20.3 Å². The lowest BCUT2D eigenvalue weighted by molar-refractivity contribution is 0.0929. The molecule has 0 aromatic carbocycles. The minimum absolute atomic E-state index is 0.269. The SMILES string of the molecule is CCCOc1ccnc(N2CCOCC2CNCC)n1. The molecule has 0 saturated carbocycles. The van der Waals surface area contributed by atoms with Crippen LogP contribution >= 0.6 is 0 Å². The maximum Gasteiger partial charge on any atom is 0.229 e. The molecule has 0 bridgehead atoms. The quantitative estimate of drug-likeness (QED) is 0.806. The van der Waals surface area contributed by atoms with Gasteiger partial charge in [-0.15, -0.1) is 0 Å². The zero-order valence-electron chi connectivity index (χ0n) is 12.3. The Morgan fingerprint density at radius 1 is 1.50 bits per heavy atom. The largest absolute Gasteiger partial charge is 0.478 e. The van der Waals surface area contributed by atoms with E-state index in [0.717, 1.165) is 32.0 Å². The molecule has 1 aliphatic heterocycles. The van der Waals surface area contributed by atoms with Gasteiger partial charge in [0.2, 0.25) is 11.8 Å². The number of hydrogen-bond acceptors (Lipinski definition) is 6. The molecule has 6 heteroatoms. The zero-order valence-corrected chi connectivity index (χ0v) is 12.3. The van der Waals surface area contributed by atoms with Crippen molar-refractivity contribution in [3.8, 4) is 5.88 Å². The molecule has 0 aliphatic carbocycles. The summed E-state index contributed by atoms with van der Waals surface area (Å²) in [5, 5.41) is 3.36. The van der Waals surface area contributed by atoms with E-state index >= 15 is 0 Å². The summed E-state index contributed by atoms with van der Waals surface area (Å²) in [7, 11) is 0. The Balaban J connectivity index is 2.06. The molecule has 0 radical (unpaired) electrons. The number of ether oxygens (including phenoxy) is 2. The topological polar surface area (TPSA) is 59.5 Å². The predicted molar refractivity (Wildman–Crippen MR) is 78.3 cm³/mol. The monoisotopic (exact) mass is 280 g/mol. The standard InChI is InChI=1S/C14H24N4O2/c1-3-8-20-13-5-6-16-14(17-13)18-7-9-19-11-12(18)10-15-4-2/h5-6,12,15H,3-4,7-11H2,1-2H3. The van der Waals surface area contributed by atoms with Crippen molar-refractivity contribution in [1.82, 2.24) is 15.3 Å². The summed E-state index contributed by atoms with van der Waals surface area (Å²) in [6.07, 6.45) is 2.73. The van der Waals surface area contributed by atoms with Gasteiger partial charge >= 0.3 is 0 Å². The summed E-state index contributed by atoms with van der Waals surface area (Å²) >= 11 is 0. The van der Waals surface area contributed by atoms with Gasteiger partial charge in [-0.2, -0.15) is 4.98 Å². The summed E-state index contributed by atoms with van der Waals surface area (Å²) in [6.45, 7) is 8.92. The van der Waals surface area contributed by atoms with Gasteiger partial charge in [0, 0.05) is 25.4 Å². The van der Waals surface area contributed by atoms with Gasteiger partial charge in [-0.25, -0.2) is 4.98 Å². The summed E-state index contributed by atoms with van der Waals surface area (Å²) < 4.78 is 11.1. The van der Waals surface area contributed by atoms with Gasteiger partial charge in [-0.1, -0.05) is 13.8 Å². The second kappa shape index (κ2) is 8.01. The van der Waals surface area contributed by atoms with E-state index in [4.69, 9.17) is 9.47 Å². The van der Waals surface area contributed by atoms with Crippen molar-refractivity contribution >= 4 is 5.95 Å². The molecule has 2 heterocycles. The first-order valence-corrected chi connectivity index (χ1v) is 7.36. The Morgan fingerprint density at radius 3 is 3.20 bits per heavy atom. The van der Waals surface area contributed by atoms with Crippen molar-refractivity contribution in [2.24, 2.45) is 0 Å². The molecule has 1 saturated heterocycles. The Labute approximate surface area is 120 Å². The average molecular weight is 280 g/mol. The molecule has 2 rings (SSSR count). The number of nitrogens with one attached hydrogen (secondary N) is 1. The van der Waals surface area contributed by atoms with Crippen LogP contribution in [0.2, 0.25) is 0 Å². The van der Waals surface area contributed by atoms with Crippen LogP contribution in [-0.4, -0.2) is 55.5 Å². The van der Waals surface area contributed by atoms with Crippen molar-refractivity contribution in [3.05, 3.63) is 12.3 Å². The molecule has 20 heavy (non-hydrogen) atoms. The van der Waals surface area contributed by atoms with E-state index in [1.165, 1.54) is 0 Å². The molecule has 1 aromatic heterocycles. The molecule has 1 N–H and O–H groups in total. The number of aromatic nitrogens is 2. The van der Waals surface area contributed by atoms with Gasteiger partial charge in [0.1, 0.15) is 0 Å². The molecule has 112 valence electrons. The van der Waals surface area contributed by atoms with E-state index in [1.807, 2.05) is 0 Å². The Hall–Kier alpha value is -1.40. The average Bonchev–Trinajstić information content (AvgIpc) is 2.51. The molecule has 1 atom stereocenters. The second-order valence-corrected chi connectivity index (χ2v) is 4.77. The molecular weight excluding hydrogens is 256 g/mol. The van der Waals surface area contributed by atoms with E-state index in [1.54, 1.807) is 12.3 Å². The minimum Gasteiger partial charge on any atom is -0.478 e. The molecule has 1 unspecified atom stereocenters. The van der Waals surface area contributed by atoms with Gasteiger partial charge in [-0.05, 0) is 13.0 Å². The maximum atomic E-state index is 5.58. The molecule has 1 aromatic rings. The highest BCUT2D eigenvalue weighted by atomic mass is 16.5. The highest BCUT2D eigenvalue weighted by Crippen LogP contribution is 2.17. The number of hydrogen-bond donors (Lipinski definition) is 1. The fraction of sp³-hybridized carbons (Fsp3) is 0.714. The number of nitrogens with zero attached hydrogens (tertiary/aromatic N) is 3. The summed E-state index contributed by atoms with van der Waals surface area (Å²) in [5.74, 6) is 1.37. The number of likely N-dealkylation sites (N-methyl/N-ethyl adjacent to an activating group) is 1. The lowest BCUT2D eigenvalue weighted by Gasteiger charge is -2.35. The Bertz CT molecular complexity index is 403. The third-order valence-corrected chi connectivity index (χ3v) is 3.19. The number of rotatable bonds is 7. The summed E-state index contributed by atoms with van der Waals surface area (Å²) in [6, 6.07) is 2.07. The normalized spacial score (nSPS) is 19.1. The van der Waals surface area contributed by atoms with Crippen molar-refractivity contribution in [1.29, 1.82) is 0 Å². The van der Waals surface area contributed by atoms with E-state index in [0.29, 0.717) is 25.7 Å². The van der Waals surface area contributed by atoms with Crippen LogP contribution in [0.4, 0.5) is 5.95 Å². The molecule has 0 spiro atoms. The molecule has 6 nitrogen and oxygen atoms in total. The van der Waals surface area contributed by atoms with Gasteiger partial charge in [0.05, 0.1) is 25.9 Å². The van der Waals surface area contributed by atoms with Crippen LogP contribution < -0.4 is 15.0 Å². The van der Waals surface area contributed by atoms with Gasteiger partial charge < -0.3 is 19.7 Å². The highest BCUT2D eigenvalue weighted by molar-refractivity contribution is 5.34. The summed E-state index contributed by atoms with van der Waals surface area (Å²) in [5.41, 5.74) is 0. The predicted octanol–water partition coefficient (Wildman–Crippen LogP) is 1.08. The van der Waals surface area contributed by atoms with E-state index in [2.05, 4.69) is 34.0 Å². The number of morpholine rings is 1. The molecule has 1 aliphatic rings. The fourth-order valence-electron chi connectivity index (χ4n) is 2.16. The van der Waals surface area contributed by atoms with Gasteiger partial charge in [0.15, 0.2) is 0 Å². The maximum absolute atomic E-state index is 5.58. The third-order valence-electron chi connectivity index (χ3n) is 3.19. The van der Waals surface area contributed by atoms with Gasteiger partial charge in [0.25, 0.3) is 0 Å². The van der Waals surface area contributed by atoms with Crippen molar-refractivity contribution < 1.29 is 9.47 Å². The first-order valence-electron chi connectivity index (χ1n) is 7.36. The summed E-state index contributed by atoms with van der Waals surface area (Å²) in [4.78, 5) is 11.1. The lowest BCUT2D eigenvalue weighted by atomic mass is 10.2. The van der Waals surface area contributed by atoms with E-state index in [-0.39, 0.29) is 6.04 Å². The van der Waals surface area contributed by atoms with E-state index < -0.39 is 0 Å². The van der Waals surface area contributed by atoms with Crippen LogP contribution in [0, 0.1) is 0 Å². The van der Waals surface area contributed by atoms with Crippen molar-refractivity contribution in [2.75, 3.05) is 44.4 Å². The molecule has 0 amide bonds. The Kier molecular flexibility index (Phi) is 6.01. The third kappa shape index (κ3) is 4.05. The van der Waals surface area contributed by atoms with Crippen LogP contribution in [0.5, 0.6) is 5.88 Å². The van der Waals surface area contributed by atoms with Crippen LogP contribution in [-0.2, 0) is 4.74 Å². The first-order chi connectivity index (χ1) is 9.85. The zero-order chi connectivity index (χ0) is 14.2.